The smallest absolute Gasteiger partial charge is 0.408 e. The molecule has 0 radical (unpaired) electrons. The van der Waals surface area contributed by atoms with Crippen molar-refractivity contribution in [3.05, 3.63) is 58.1 Å². The molecule has 0 spiro atoms. The van der Waals surface area contributed by atoms with Crippen LogP contribution in [0.25, 0.3) is 10.8 Å². The number of nitrogens with zero attached hydrogens (tertiary/aromatic N) is 1. The first-order valence-electron chi connectivity index (χ1n) is 7.34. The Morgan fingerprint density at radius 2 is 1.87 bits per heavy atom. The SMILES string of the molecule is CC(C)(C)OC(=O)NC(C[N+](=O)[O-])c1ccc2ccccc2c1. The normalized spacial score (nSPS) is 12.7. The zero-order valence-corrected chi connectivity index (χ0v) is 13.4. The van der Waals surface area contributed by atoms with Gasteiger partial charge in [0.25, 0.3) is 0 Å². The molecule has 2 aromatic carbocycles. The quantitative estimate of drug-likeness (QED) is 0.689. The van der Waals surface area contributed by atoms with E-state index in [0.717, 1.165) is 10.8 Å². The number of nitrogens with one attached hydrogen (secondary N) is 1. The number of amides is 1. The highest BCUT2D eigenvalue weighted by molar-refractivity contribution is 5.83. The van der Waals surface area contributed by atoms with Crippen molar-refractivity contribution >= 4 is 16.9 Å². The molecule has 1 amide bonds. The van der Waals surface area contributed by atoms with Crippen molar-refractivity contribution in [2.45, 2.75) is 32.4 Å². The van der Waals surface area contributed by atoms with Gasteiger partial charge in [0.05, 0.1) is 0 Å². The van der Waals surface area contributed by atoms with Gasteiger partial charge < -0.3 is 10.1 Å². The van der Waals surface area contributed by atoms with Crippen molar-refractivity contribution in [2.75, 3.05) is 6.54 Å². The van der Waals surface area contributed by atoms with Crippen LogP contribution in [0.3, 0.4) is 0 Å². The van der Waals surface area contributed by atoms with E-state index in [0.29, 0.717) is 5.56 Å². The summed E-state index contributed by atoms with van der Waals surface area (Å²) < 4.78 is 5.19. The second-order valence-electron chi connectivity index (χ2n) is 6.32. The van der Waals surface area contributed by atoms with Crippen LogP contribution in [-0.4, -0.2) is 23.2 Å². The van der Waals surface area contributed by atoms with Crippen molar-refractivity contribution in [3.8, 4) is 0 Å². The van der Waals surface area contributed by atoms with Gasteiger partial charge in [-0.25, -0.2) is 4.79 Å². The van der Waals surface area contributed by atoms with E-state index in [4.69, 9.17) is 4.74 Å². The van der Waals surface area contributed by atoms with E-state index >= 15 is 0 Å². The van der Waals surface area contributed by atoms with E-state index in [1.54, 1.807) is 26.8 Å². The lowest BCUT2D eigenvalue weighted by atomic mass is 10.0. The third-order valence-electron chi connectivity index (χ3n) is 3.20. The van der Waals surface area contributed by atoms with Gasteiger partial charge in [0.2, 0.25) is 6.54 Å². The van der Waals surface area contributed by atoms with Gasteiger partial charge in [-0.3, -0.25) is 10.1 Å². The molecule has 1 unspecified atom stereocenters. The molecule has 0 fully saturated rings. The first kappa shape index (κ1) is 16.7. The summed E-state index contributed by atoms with van der Waals surface area (Å²) in [4.78, 5) is 22.4. The van der Waals surface area contributed by atoms with E-state index in [9.17, 15) is 14.9 Å². The fourth-order valence-electron chi connectivity index (χ4n) is 2.26. The van der Waals surface area contributed by atoms with Crippen LogP contribution in [0, 0.1) is 10.1 Å². The molecule has 2 aromatic rings. The maximum atomic E-state index is 11.9. The number of benzene rings is 2. The summed E-state index contributed by atoms with van der Waals surface area (Å²) in [7, 11) is 0. The number of hydrogen-bond donors (Lipinski definition) is 1. The largest absolute Gasteiger partial charge is 0.444 e. The molecule has 122 valence electrons. The van der Waals surface area contributed by atoms with Crippen molar-refractivity contribution in [3.63, 3.8) is 0 Å². The van der Waals surface area contributed by atoms with Gasteiger partial charge in [0.1, 0.15) is 11.6 Å². The molecule has 2 rings (SSSR count). The summed E-state index contributed by atoms with van der Waals surface area (Å²) in [6.07, 6.45) is -0.669. The predicted octanol–water partition coefficient (Wildman–Crippen LogP) is 3.68. The third-order valence-corrected chi connectivity index (χ3v) is 3.20. The lowest BCUT2D eigenvalue weighted by Crippen LogP contribution is -2.37. The highest BCUT2D eigenvalue weighted by atomic mass is 16.6. The van der Waals surface area contributed by atoms with Gasteiger partial charge in [-0.15, -0.1) is 0 Å². The molecule has 0 aliphatic rings. The van der Waals surface area contributed by atoms with Crippen LogP contribution in [0.15, 0.2) is 42.5 Å². The molecule has 0 aliphatic heterocycles. The highest BCUT2D eigenvalue weighted by Gasteiger charge is 2.24. The molecule has 0 aromatic heterocycles. The number of fused-ring (bicyclic) bond motifs is 1. The minimum absolute atomic E-state index is 0.405. The van der Waals surface area contributed by atoms with Crippen LogP contribution < -0.4 is 5.32 Å². The lowest BCUT2D eigenvalue weighted by molar-refractivity contribution is -0.484. The van der Waals surface area contributed by atoms with Crippen molar-refractivity contribution in [1.82, 2.24) is 5.32 Å². The molecular formula is C17H20N2O4. The van der Waals surface area contributed by atoms with Crippen LogP contribution in [0.5, 0.6) is 0 Å². The van der Waals surface area contributed by atoms with Crippen molar-refractivity contribution in [1.29, 1.82) is 0 Å². The zero-order valence-electron chi connectivity index (χ0n) is 13.4. The van der Waals surface area contributed by atoms with E-state index < -0.39 is 29.2 Å². The second-order valence-corrected chi connectivity index (χ2v) is 6.32. The van der Waals surface area contributed by atoms with E-state index in [1.165, 1.54) is 0 Å². The van der Waals surface area contributed by atoms with Crippen LogP contribution in [0.1, 0.15) is 32.4 Å². The van der Waals surface area contributed by atoms with Gasteiger partial charge in [-0.1, -0.05) is 36.4 Å². The second kappa shape index (κ2) is 6.64. The summed E-state index contributed by atoms with van der Waals surface area (Å²) in [5.74, 6) is 0. The van der Waals surface area contributed by atoms with Gasteiger partial charge in [-0.05, 0) is 43.2 Å². The molecule has 1 N–H and O–H groups in total. The maximum absolute atomic E-state index is 11.9. The number of ether oxygens (including phenoxy) is 1. The van der Waals surface area contributed by atoms with Crippen LogP contribution >= 0.6 is 0 Å². The lowest BCUT2D eigenvalue weighted by Gasteiger charge is -2.22. The number of rotatable bonds is 4. The predicted molar refractivity (Wildman–Crippen MR) is 87.9 cm³/mol. The van der Waals surface area contributed by atoms with E-state index in [-0.39, 0.29) is 0 Å². The minimum atomic E-state index is -0.746. The molecular weight excluding hydrogens is 296 g/mol. The fraction of sp³-hybridized carbons (Fsp3) is 0.353. The topological polar surface area (TPSA) is 81.5 Å². The zero-order chi connectivity index (χ0) is 17.0. The molecule has 0 aliphatic carbocycles. The molecule has 6 nitrogen and oxygen atoms in total. The summed E-state index contributed by atoms with van der Waals surface area (Å²) in [5, 5.41) is 15.5. The van der Waals surface area contributed by atoms with Gasteiger partial charge in [-0.2, -0.15) is 0 Å². The molecule has 1 atom stereocenters. The molecule has 6 heteroatoms. The summed E-state index contributed by atoms with van der Waals surface area (Å²) in [5.41, 5.74) is 0.0124. The Balaban J connectivity index is 2.25. The van der Waals surface area contributed by atoms with Crippen LogP contribution in [-0.2, 0) is 4.74 Å². The minimum Gasteiger partial charge on any atom is -0.444 e. The van der Waals surface area contributed by atoms with Crippen molar-refractivity contribution < 1.29 is 14.5 Å². The number of nitro groups is 1. The van der Waals surface area contributed by atoms with Gasteiger partial charge in [0, 0.05) is 4.92 Å². The average molecular weight is 316 g/mol. The monoisotopic (exact) mass is 316 g/mol. The number of carbonyl (C=O) groups is 1. The number of alkyl carbamates (subject to hydrolysis) is 1. The third kappa shape index (κ3) is 4.95. The van der Waals surface area contributed by atoms with Gasteiger partial charge in [0.15, 0.2) is 0 Å². The Labute approximate surface area is 134 Å². The van der Waals surface area contributed by atoms with Crippen LogP contribution in [0.4, 0.5) is 4.79 Å². The first-order chi connectivity index (χ1) is 10.7. The Morgan fingerprint density at radius 3 is 2.48 bits per heavy atom. The fourth-order valence-corrected chi connectivity index (χ4v) is 2.26. The standard InChI is InChI=1S/C17H20N2O4/c1-17(2,3)23-16(20)18-15(11-19(21)22)14-9-8-12-6-4-5-7-13(12)10-14/h4-10,15H,11H2,1-3H3,(H,18,20). The molecule has 0 saturated carbocycles. The van der Waals surface area contributed by atoms with E-state index in [1.807, 2.05) is 36.4 Å². The number of carbonyl (C=O) groups excluding carboxylic acids is 1. The molecule has 0 saturated heterocycles. The van der Waals surface area contributed by atoms with Crippen molar-refractivity contribution in [2.24, 2.45) is 0 Å². The Bertz CT molecular complexity index is 722. The summed E-state index contributed by atoms with van der Waals surface area (Å²) >= 11 is 0. The Hall–Kier alpha value is -2.63. The molecule has 23 heavy (non-hydrogen) atoms. The summed E-state index contributed by atoms with van der Waals surface area (Å²) in [6, 6.07) is 12.5. The number of hydrogen-bond acceptors (Lipinski definition) is 4. The van der Waals surface area contributed by atoms with Crippen LogP contribution in [0.2, 0.25) is 0 Å². The molecule has 0 heterocycles. The van der Waals surface area contributed by atoms with Gasteiger partial charge >= 0.3 is 6.09 Å². The molecule has 0 bridgehead atoms. The summed E-state index contributed by atoms with van der Waals surface area (Å²) in [6.45, 7) is 4.82. The average Bonchev–Trinajstić information content (AvgIpc) is 2.43. The maximum Gasteiger partial charge on any atom is 0.408 e. The first-order valence-corrected chi connectivity index (χ1v) is 7.34. The highest BCUT2D eigenvalue weighted by Crippen LogP contribution is 2.21. The Morgan fingerprint density at radius 1 is 1.22 bits per heavy atom. The Kier molecular flexibility index (Phi) is 4.83. The van der Waals surface area contributed by atoms with E-state index in [2.05, 4.69) is 5.32 Å².